The smallest absolute Gasteiger partial charge is 0.343 e. The Bertz CT molecular complexity index is 1310. The Balaban J connectivity index is 1.25. The van der Waals surface area contributed by atoms with Crippen LogP contribution < -0.4 is 10.6 Å². The number of amides is 1. The second-order valence-electron chi connectivity index (χ2n) is 7.90. The molecule has 2 N–H and O–H groups in total. The van der Waals surface area contributed by atoms with Crippen molar-refractivity contribution < 1.29 is 18.0 Å². The summed E-state index contributed by atoms with van der Waals surface area (Å²) in [6, 6.07) is 6.60. The molecule has 1 saturated carbocycles. The van der Waals surface area contributed by atoms with Crippen LogP contribution in [0.5, 0.6) is 0 Å². The highest BCUT2D eigenvalue weighted by Crippen LogP contribution is 2.37. The Kier molecular flexibility index (Phi) is 5.28. The van der Waals surface area contributed by atoms with Crippen molar-refractivity contribution in [3.63, 3.8) is 0 Å². The van der Waals surface area contributed by atoms with Crippen molar-refractivity contribution in [1.29, 1.82) is 0 Å². The fraction of sp³-hybridized carbons (Fsp3) is 0.273. The zero-order valence-corrected chi connectivity index (χ0v) is 18.2. The van der Waals surface area contributed by atoms with E-state index in [4.69, 9.17) is 0 Å². The lowest BCUT2D eigenvalue weighted by Crippen LogP contribution is -2.26. The molecule has 170 valence electrons. The zero-order valence-electron chi connectivity index (χ0n) is 17.4. The number of fused-ring (bicyclic) bond motifs is 1. The SMILES string of the molecule is CC(NC(=O)c1cc2c(cn1)ncn2C1CC1)c1cnc(Nc2ccc(C(F)(F)F)cc2)s1. The number of rotatable bonds is 6. The maximum Gasteiger partial charge on any atom is 0.416 e. The third-order valence-electron chi connectivity index (χ3n) is 5.40. The third kappa shape index (κ3) is 4.54. The predicted molar refractivity (Wildman–Crippen MR) is 119 cm³/mol. The highest BCUT2D eigenvalue weighted by atomic mass is 32.1. The number of aromatic nitrogens is 4. The number of nitrogens with zero attached hydrogens (tertiary/aromatic N) is 4. The number of pyridine rings is 1. The summed E-state index contributed by atoms with van der Waals surface area (Å²) in [5, 5.41) is 6.42. The second kappa shape index (κ2) is 8.14. The van der Waals surface area contributed by atoms with E-state index in [1.165, 1.54) is 23.5 Å². The van der Waals surface area contributed by atoms with Gasteiger partial charge in [-0.15, -0.1) is 0 Å². The largest absolute Gasteiger partial charge is 0.416 e. The van der Waals surface area contributed by atoms with E-state index in [9.17, 15) is 18.0 Å². The third-order valence-corrected chi connectivity index (χ3v) is 6.49. The molecule has 3 heterocycles. The molecule has 0 saturated heterocycles. The van der Waals surface area contributed by atoms with Crippen LogP contribution >= 0.6 is 11.3 Å². The Morgan fingerprint density at radius 2 is 1.91 bits per heavy atom. The second-order valence-corrected chi connectivity index (χ2v) is 8.97. The van der Waals surface area contributed by atoms with E-state index < -0.39 is 11.7 Å². The number of carbonyl (C=O) groups excluding carboxylic acids is 1. The number of imidazole rings is 1. The average Bonchev–Trinajstić information content (AvgIpc) is 3.36. The van der Waals surface area contributed by atoms with Crippen molar-refractivity contribution in [2.45, 2.75) is 38.0 Å². The van der Waals surface area contributed by atoms with Gasteiger partial charge in [0.15, 0.2) is 5.13 Å². The number of benzene rings is 1. The molecule has 1 aliphatic rings. The minimum Gasteiger partial charge on any atom is -0.343 e. The van der Waals surface area contributed by atoms with Gasteiger partial charge < -0.3 is 15.2 Å². The predicted octanol–water partition coefficient (Wildman–Crippen LogP) is 5.48. The van der Waals surface area contributed by atoms with Gasteiger partial charge in [0.1, 0.15) is 11.2 Å². The molecule has 0 aliphatic heterocycles. The fourth-order valence-corrected chi connectivity index (χ4v) is 4.29. The fourth-order valence-electron chi connectivity index (χ4n) is 3.45. The van der Waals surface area contributed by atoms with E-state index in [0.717, 1.165) is 40.9 Å². The molecule has 11 heteroatoms. The molecule has 33 heavy (non-hydrogen) atoms. The van der Waals surface area contributed by atoms with Crippen LogP contribution in [0.2, 0.25) is 0 Å². The summed E-state index contributed by atoms with van der Waals surface area (Å²) in [6.45, 7) is 1.83. The van der Waals surface area contributed by atoms with Gasteiger partial charge in [0.2, 0.25) is 0 Å². The molecule has 1 amide bonds. The summed E-state index contributed by atoms with van der Waals surface area (Å²) in [5.41, 5.74) is 1.74. The first-order valence-electron chi connectivity index (χ1n) is 10.3. The summed E-state index contributed by atoms with van der Waals surface area (Å²) >= 11 is 1.31. The minimum absolute atomic E-state index is 0.307. The molecule has 1 unspecified atom stereocenters. The molecule has 3 aromatic heterocycles. The summed E-state index contributed by atoms with van der Waals surface area (Å²) in [5.74, 6) is -0.307. The Morgan fingerprint density at radius 3 is 2.61 bits per heavy atom. The minimum atomic E-state index is -4.38. The summed E-state index contributed by atoms with van der Waals surface area (Å²) < 4.78 is 40.2. The summed E-state index contributed by atoms with van der Waals surface area (Å²) in [7, 11) is 0. The van der Waals surface area contributed by atoms with Gasteiger partial charge in [0.25, 0.3) is 5.91 Å². The van der Waals surface area contributed by atoms with Crippen molar-refractivity contribution in [2.75, 3.05) is 5.32 Å². The van der Waals surface area contributed by atoms with Crippen LogP contribution in [0.25, 0.3) is 11.0 Å². The van der Waals surface area contributed by atoms with Crippen LogP contribution in [0, 0.1) is 0 Å². The molecule has 7 nitrogen and oxygen atoms in total. The van der Waals surface area contributed by atoms with E-state index in [1.807, 2.05) is 6.92 Å². The van der Waals surface area contributed by atoms with Gasteiger partial charge in [-0.1, -0.05) is 11.3 Å². The van der Waals surface area contributed by atoms with Crippen LogP contribution in [0.1, 0.15) is 52.8 Å². The number of hydrogen-bond donors (Lipinski definition) is 2. The van der Waals surface area contributed by atoms with Crippen LogP contribution in [-0.2, 0) is 6.18 Å². The molecule has 0 spiro atoms. The lowest BCUT2D eigenvalue weighted by molar-refractivity contribution is -0.137. The molecule has 1 aromatic carbocycles. The van der Waals surface area contributed by atoms with Crippen molar-refractivity contribution in [1.82, 2.24) is 24.8 Å². The number of anilines is 2. The molecule has 5 rings (SSSR count). The normalized spacial score (nSPS) is 14.9. The van der Waals surface area contributed by atoms with Gasteiger partial charge in [0, 0.05) is 22.8 Å². The first kappa shape index (κ1) is 21.4. The van der Waals surface area contributed by atoms with E-state index in [-0.39, 0.29) is 11.9 Å². The van der Waals surface area contributed by atoms with Gasteiger partial charge in [-0.05, 0) is 50.1 Å². The Morgan fingerprint density at radius 1 is 1.15 bits per heavy atom. The Labute approximate surface area is 190 Å². The zero-order chi connectivity index (χ0) is 23.2. The summed E-state index contributed by atoms with van der Waals surface area (Å²) in [4.78, 5) is 26.4. The highest BCUT2D eigenvalue weighted by molar-refractivity contribution is 7.15. The number of carbonyl (C=O) groups is 1. The first-order chi connectivity index (χ1) is 15.8. The van der Waals surface area contributed by atoms with Crippen LogP contribution in [0.3, 0.4) is 0 Å². The quantitative estimate of drug-likeness (QED) is 0.388. The topological polar surface area (TPSA) is 84.7 Å². The van der Waals surface area contributed by atoms with Crippen molar-refractivity contribution in [3.05, 3.63) is 65.2 Å². The lowest BCUT2D eigenvalue weighted by Gasteiger charge is -2.11. The van der Waals surface area contributed by atoms with E-state index in [1.54, 1.807) is 24.8 Å². The monoisotopic (exact) mass is 472 g/mol. The molecular formula is C22H19F3N6OS. The maximum atomic E-state index is 12.8. The molecule has 1 atom stereocenters. The number of halogens is 3. The van der Waals surface area contributed by atoms with Crippen LogP contribution in [0.15, 0.2) is 49.1 Å². The molecule has 0 radical (unpaired) electrons. The van der Waals surface area contributed by atoms with E-state index in [2.05, 4.69) is 30.2 Å². The number of alkyl halides is 3. The molecular weight excluding hydrogens is 453 g/mol. The number of nitrogens with one attached hydrogen (secondary N) is 2. The molecule has 4 aromatic rings. The maximum absolute atomic E-state index is 12.8. The van der Waals surface area contributed by atoms with Gasteiger partial charge in [-0.2, -0.15) is 13.2 Å². The van der Waals surface area contributed by atoms with E-state index in [0.29, 0.717) is 22.6 Å². The van der Waals surface area contributed by atoms with Gasteiger partial charge in [-0.25, -0.2) is 15.0 Å². The summed E-state index contributed by atoms with van der Waals surface area (Å²) in [6.07, 6.45) is 2.86. The van der Waals surface area contributed by atoms with Crippen LogP contribution in [-0.4, -0.2) is 25.4 Å². The van der Waals surface area contributed by atoms with Crippen LogP contribution in [0.4, 0.5) is 24.0 Å². The number of thiazole rings is 1. The van der Waals surface area contributed by atoms with Gasteiger partial charge in [0.05, 0.1) is 29.6 Å². The standard InChI is InChI=1S/C22H19F3N6OS/c1-12(19-10-27-21(33-19)30-14-4-2-13(3-5-14)22(23,24)25)29-20(32)16-8-18-17(9-26-16)28-11-31(18)15-6-7-15/h2-5,8-12,15H,6-7H2,1H3,(H,27,30)(H,29,32). The lowest BCUT2D eigenvalue weighted by atomic mass is 10.2. The highest BCUT2D eigenvalue weighted by Gasteiger charge is 2.30. The van der Waals surface area contributed by atoms with Gasteiger partial charge in [-0.3, -0.25) is 4.79 Å². The van der Waals surface area contributed by atoms with E-state index >= 15 is 0 Å². The molecule has 0 bridgehead atoms. The van der Waals surface area contributed by atoms with Gasteiger partial charge >= 0.3 is 6.18 Å². The molecule has 1 aliphatic carbocycles. The first-order valence-corrected chi connectivity index (χ1v) is 11.1. The average molecular weight is 472 g/mol. The Hall–Kier alpha value is -3.47. The van der Waals surface area contributed by atoms with Crippen molar-refractivity contribution in [3.8, 4) is 0 Å². The number of hydrogen-bond acceptors (Lipinski definition) is 6. The van der Waals surface area contributed by atoms with Crippen molar-refractivity contribution >= 4 is 39.1 Å². The van der Waals surface area contributed by atoms with Crippen molar-refractivity contribution in [2.24, 2.45) is 0 Å². The molecule has 1 fully saturated rings.